The molecule has 0 bridgehead atoms. The second-order valence-corrected chi connectivity index (χ2v) is 14.8. The van der Waals surface area contributed by atoms with E-state index < -0.39 is 30.0 Å². The van der Waals surface area contributed by atoms with E-state index in [1.54, 1.807) is 4.90 Å². The van der Waals surface area contributed by atoms with E-state index in [0.29, 0.717) is 44.1 Å². The molecule has 2 N–H and O–H groups in total. The van der Waals surface area contributed by atoms with Crippen molar-refractivity contribution in [3.05, 3.63) is 83.9 Å². The summed E-state index contributed by atoms with van der Waals surface area (Å²) in [5, 5.41) is 5.56. The highest BCUT2D eigenvalue weighted by Crippen LogP contribution is 2.27. The number of allylic oxidation sites excluding steroid dienone is 1. The Kier molecular flexibility index (Phi) is 17.1. The average molecular weight is 702 g/mol. The highest BCUT2D eigenvalue weighted by molar-refractivity contribution is 5.95. The quantitative estimate of drug-likeness (QED) is 0.112. The Morgan fingerprint density at radius 1 is 0.902 bits per heavy atom. The number of amides is 3. The van der Waals surface area contributed by atoms with Gasteiger partial charge in [-0.25, -0.2) is 4.79 Å². The molecular formula is C42H59N3O6. The lowest BCUT2D eigenvalue weighted by Crippen LogP contribution is -2.47. The van der Waals surface area contributed by atoms with Crippen molar-refractivity contribution in [1.82, 2.24) is 15.5 Å². The van der Waals surface area contributed by atoms with E-state index in [0.717, 1.165) is 24.0 Å². The van der Waals surface area contributed by atoms with Gasteiger partial charge in [-0.3, -0.25) is 19.2 Å². The zero-order valence-electron chi connectivity index (χ0n) is 31.4. The number of carbonyl (C=O) groups is 5. The first-order chi connectivity index (χ1) is 24.3. The molecule has 2 aromatic carbocycles. The number of Topliss-reactive ketones (excluding diaryl/α,β-unsaturated/α-hetero) is 2. The molecule has 5 atom stereocenters. The monoisotopic (exact) mass is 701 g/mol. The minimum atomic E-state index is -0.746. The van der Waals surface area contributed by atoms with Crippen LogP contribution in [0.4, 0.5) is 4.79 Å². The van der Waals surface area contributed by atoms with Crippen LogP contribution in [-0.4, -0.2) is 59.5 Å². The summed E-state index contributed by atoms with van der Waals surface area (Å²) < 4.78 is 5.23. The van der Waals surface area contributed by atoms with Crippen LogP contribution in [-0.2, 0) is 36.9 Å². The van der Waals surface area contributed by atoms with Crippen LogP contribution >= 0.6 is 0 Å². The third-order valence-electron chi connectivity index (χ3n) is 9.56. The number of carbonyl (C=O) groups excluding carboxylic acids is 5. The fourth-order valence-electron chi connectivity index (χ4n) is 6.74. The van der Waals surface area contributed by atoms with Gasteiger partial charge < -0.3 is 20.3 Å². The second kappa shape index (κ2) is 21.2. The molecule has 0 aliphatic carbocycles. The molecule has 1 saturated heterocycles. The summed E-state index contributed by atoms with van der Waals surface area (Å²) in [7, 11) is 0. The van der Waals surface area contributed by atoms with Crippen molar-refractivity contribution in [2.45, 2.75) is 105 Å². The maximum absolute atomic E-state index is 14.1. The lowest BCUT2D eigenvalue weighted by atomic mass is 9.87. The molecule has 9 heteroatoms. The van der Waals surface area contributed by atoms with Gasteiger partial charge in [0.25, 0.3) is 0 Å². The Labute approximate surface area is 305 Å². The maximum Gasteiger partial charge on any atom is 0.407 e. The van der Waals surface area contributed by atoms with Crippen LogP contribution in [0.25, 0.3) is 0 Å². The summed E-state index contributed by atoms with van der Waals surface area (Å²) in [4.78, 5) is 67.9. The number of ether oxygens (including phenoxy) is 1. The topological polar surface area (TPSA) is 122 Å². The molecule has 51 heavy (non-hydrogen) atoms. The molecular weight excluding hydrogens is 642 g/mol. The van der Waals surface area contributed by atoms with Crippen LogP contribution < -0.4 is 10.6 Å². The molecule has 3 amide bonds. The largest absolute Gasteiger partial charge is 0.445 e. The predicted octanol–water partition coefficient (Wildman–Crippen LogP) is 7.09. The molecule has 0 spiro atoms. The van der Waals surface area contributed by atoms with Gasteiger partial charge in [0.1, 0.15) is 6.61 Å². The number of ketones is 2. The molecule has 1 aliphatic rings. The number of alkyl carbamates (subject to hydrolysis) is 1. The van der Waals surface area contributed by atoms with E-state index in [-0.39, 0.29) is 48.9 Å². The first-order valence-corrected chi connectivity index (χ1v) is 18.7. The molecule has 1 aliphatic heterocycles. The summed E-state index contributed by atoms with van der Waals surface area (Å²) in [5.74, 6) is -1.06. The van der Waals surface area contributed by atoms with Crippen LogP contribution in [0.3, 0.4) is 0 Å². The Balaban J connectivity index is 1.60. The predicted molar refractivity (Wildman–Crippen MR) is 201 cm³/mol. The lowest BCUT2D eigenvalue weighted by molar-refractivity contribution is -0.141. The maximum atomic E-state index is 14.1. The molecule has 1 fully saturated rings. The SMILES string of the molecule is CC(=O)[C@H](CCCNC(=O)OCc1ccccc1)NC(=O)[C@@H](CC(=O)[C@@H]1CCCN1C(=O)[C@H](/C=C/[C@@H](C)CC(C)C)Cc1ccccc1)C(C)C. The van der Waals surface area contributed by atoms with Crippen molar-refractivity contribution in [2.24, 2.45) is 29.6 Å². The van der Waals surface area contributed by atoms with Crippen LogP contribution in [0.2, 0.25) is 0 Å². The smallest absolute Gasteiger partial charge is 0.407 e. The number of likely N-dealkylation sites (tertiary alicyclic amines) is 1. The first-order valence-electron chi connectivity index (χ1n) is 18.7. The summed E-state index contributed by atoms with van der Waals surface area (Å²) in [5.41, 5.74) is 1.94. The fraction of sp³-hybridized carbons (Fsp3) is 0.548. The van der Waals surface area contributed by atoms with Crippen molar-refractivity contribution >= 4 is 29.5 Å². The molecule has 0 aromatic heterocycles. The highest BCUT2D eigenvalue weighted by Gasteiger charge is 2.38. The zero-order chi connectivity index (χ0) is 37.3. The standard InChI is InChI=1S/C42H59N3O6/c1-29(2)25-31(5)21-22-35(26-33-15-9-7-10-16-33)41(49)45-24-14-20-38(45)39(47)27-36(30(3)4)40(48)44-37(32(6)46)19-13-23-43-42(50)51-28-34-17-11-8-12-18-34/h7-12,15-18,21-22,29-31,35-38H,13-14,19-20,23-28H2,1-6H3,(H,43,50)(H,44,48)/b22-21+/t31-,35-,36+,37+,38+/m1/s1. The molecule has 278 valence electrons. The van der Waals surface area contributed by atoms with Crippen molar-refractivity contribution in [3.8, 4) is 0 Å². The molecule has 0 unspecified atom stereocenters. The number of benzene rings is 2. The molecule has 0 radical (unpaired) electrons. The van der Waals surface area contributed by atoms with Crippen molar-refractivity contribution in [1.29, 1.82) is 0 Å². The molecule has 9 nitrogen and oxygen atoms in total. The Hall–Kier alpha value is -4.27. The van der Waals surface area contributed by atoms with Crippen LogP contribution in [0.15, 0.2) is 72.8 Å². The van der Waals surface area contributed by atoms with Gasteiger partial charge in [0.2, 0.25) is 11.8 Å². The van der Waals surface area contributed by atoms with Gasteiger partial charge in [-0.15, -0.1) is 0 Å². The summed E-state index contributed by atoms with van der Waals surface area (Å²) in [6, 6.07) is 18.0. The van der Waals surface area contributed by atoms with E-state index in [9.17, 15) is 24.0 Å². The van der Waals surface area contributed by atoms with Gasteiger partial charge >= 0.3 is 6.09 Å². The first kappa shape index (κ1) is 41.2. The highest BCUT2D eigenvalue weighted by atomic mass is 16.5. The molecule has 2 aromatic rings. The van der Waals surface area contributed by atoms with E-state index in [4.69, 9.17) is 4.74 Å². The van der Waals surface area contributed by atoms with Crippen molar-refractivity contribution in [2.75, 3.05) is 13.1 Å². The number of nitrogens with zero attached hydrogens (tertiary/aromatic N) is 1. The van der Waals surface area contributed by atoms with E-state index in [1.807, 2.05) is 80.6 Å². The van der Waals surface area contributed by atoms with Gasteiger partial charge in [-0.1, -0.05) is 107 Å². The number of nitrogens with one attached hydrogen (secondary N) is 2. The zero-order valence-corrected chi connectivity index (χ0v) is 31.4. The summed E-state index contributed by atoms with van der Waals surface area (Å²) >= 11 is 0. The van der Waals surface area contributed by atoms with Crippen molar-refractivity contribution < 1.29 is 28.7 Å². The van der Waals surface area contributed by atoms with Gasteiger partial charge in [0.15, 0.2) is 11.6 Å². The molecule has 3 rings (SSSR count). The van der Waals surface area contributed by atoms with Crippen LogP contribution in [0.5, 0.6) is 0 Å². The molecule has 0 saturated carbocycles. The number of rotatable bonds is 20. The van der Waals surface area contributed by atoms with E-state index in [2.05, 4.69) is 37.5 Å². The Bertz CT molecular complexity index is 1440. The summed E-state index contributed by atoms with van der Waals surface area (Å²) in [6.45, 7) is 12.7. The Morgan fingerprint density at radius 2 is 1.55 bits per heavy atom. The lowest BCUT2D eigenvalue weighted by Gasteiger charge is -2.29. The third-order valence-corrected chi connectivity index (χ3v) is 9.56. The third kappa shape index (κ3) is 14.1. The second-order valence-electron chi connectivity index (χ2n) is 14.8. The minimum absolute atomic E-state index is 0.0119. The average Bonchev–Trinajstić information content (AvgIpc) is 3.59. The molecule has 1 heterocycles. The summed E-state index contributed by atoms with van der Waals surface area (Å²) in [6.07, 6.45) is 7.25. The minimum Gasteiger partial charge on any atom is -0.445 e. The normalized spacial score (nSPS) is 16.9. The van der Waals surface area contributed by atoms with Gasteiger partial charge in [-0.2, -0.15) is 0 Å². The number of hydrogen-bond acceptors (Lipinski definition) is 6. The Morgan fingerprint density at radius 3 is 2.16 bits per heavy atom. The van der Waals surface area contributed by atoms with Gasteiger partial charge in [0.05, 0.1) is 18.0 Å². The number of hydrogen-bond donors (Lipinski definition) is 2. The van der Waals surface area contributed by atoms with Crippen molar-refractivity contribution in [3.63, 3.8) is 0 Å². The van der Waals surface area contributed by atoms with Gasteiger partial charge in [-0.05, 0) is 74.3 Å². The van der Waals surface area contributed by atoms with Crippen LogP contribution in [0.1, 0.15) is 91.2 Å². The van der Waals surface area contributed by atoms with E-state index >= 15 is 0 Å². The van der Waals surface area contributed by atoms with E-state index in [1.165, 1.54) is 6.92 Å². The fourth-order valence-corrected chi connectivity index (χ4v) is 6.74. The van der Waals surface area contributed by atoms with Gasteiger partial charge in [0, 0.05) is 25.4 Å². The van der Waals surface area contributed by atoms with Crippen LogP contribution in [0, 0.1) is 29.6 Å².